The standard InChI is InChI=1S/C42H30N2O/c1-3-13-29(4-2)43-35-19-12-11-18-33(35)39-37(43)24-21-31-32-22-25-38-40(42(32)45-41(31)39)34-26-28(27-14-7-5-8-15-27)20-23-36(34)44(38)30-16-9-6-10-17-30/h3-26H,1-2H3/b13-3-,29-4+. The molecule has 0 amide bonds. The fourth-order valence-electron chi connectivity index (χ4n) is 7.26. The van der Waals surface area contributed by atoms with Crippen molar-refractivity contribution >= 4 is 71.2 Å². The number of fused-ring (bicyclic) bond motifs is 11. The van der Waals surface area contributed by atoms with Crippen LogP contribution >= 0.6 is 0 Å². The van der Waals surface area contributed by atoms with Gasteiger partial charge in [-0.25, -0.2) is 0 Å². The highest BCUT2D eigenvalue weighted by molar-refractivity contribution is 6.29. The molecule has 0 saturated heterocycles. The SMILES string of the molecule is C/C=C\C(=C/C)n1c2ccccc2c2c3oc4c(ccc5c4c4cc(-c6ccccc6)ccc4n5-c4ccccc4)c3ccc21. The molecule has 0 unspecified atom stereocenters. The normalized spacial score (nSPS) is 12.7. The molecule has 3 aromatic heterocycles. The first-order valence-electron chi connectivity index (χ1n) is 15.5. The molecule has 0 aliphatic rings. The van der Waals surface area contributed by atoms with Crippen LogP contribution in [0.15, 0.2) is 150 Å². The van der Waals surface area contributed by atoms with E-state index in [4.69, 9.17) is 4.42 Å². The van der Waals surface area contributed by atoms with Crippen molar-refractivity contribution in [1.29, 1.82) is 0 Å². The zero-order valence-corrected chi connectivity index (χ0v) is 25.2. The van der Waals surface area contributed by atoms with Crippen LogP contribution in [0, 0.1) is 0 Å². The third kappa shape index (κ3) is 3.64. The van der Waals surface area contributed by atoms with Crippen molar-refractivity contribution in [3.63, 3.8) is 0 Å². The molecule has 0 saturated carbocycles. The minimum Gasteiger partial charge on any atom is -0.455 e. The van der Waals surface area contributed by atoms with Gasteiger partial charge in [-0.05, 0) is 85.6 Å². The van der Waals surface area contributed by atoms with E-state index in [0.29, 0.717) is 0 Å². The van der Waals surface area contributed by atoms with Gasteiger partial charge in [-0.15, -0.1) is 0 Å². The molecule has 9 aromatic rings. The topological polar surface area (TPSA) is 23.0 Å². The van der Waals surface area contributed by atoms with Gasteiger partial charge in [0.25, 0.3) is 0 Å². The van der Waals surface area contributed by atoms with Gasteiger partial charge in [0, 0.05) is 32.9 Å². The highest BCUT2D eigenvalue weighted by Gasteiger charge is 2.22. The van der Waals surface area contributed by atoms with Crippen LogP contribution in [0.4, 0.5) is 0 Å². The Labute approximate surface area is 260 Å². The predicted molar refractivity (Wildman–Crippen MR) is 191 cm³/mol. The van der Waals surface area contributed by atoms with E-state index >= 15 is 0 Å². The summed E-state index contributed by atoms with van der Waals surface area (Å²) in [6.07, 6.45) is 6.43. The van der Waals surface area contributed by atoms with Gasteiger partial charge in [0.15, 0.2) is 0 Å². The van der Waals surface area contributed by atoms with Crippen LogP contribution in [0.1, 0.15) is 13.8 Å². The van der Waals surface area contributed by atoms with Crippen LogP contribution in [0.5, 0.6) is 0 Å². The highest BCUT2D eigenvalue weighted by Crippen LogP contribution is 2.45. The van der Waals surface area contributed by atoms with Gasteiger partial charge in [-0.3, -0.25) is 0 Å². The third-order valence-electron chi connectivity index (χ3n) is 9.18. The number of benzene rings is 6. The van der Waals surface area contributed by atoms with E-state index < -0.39 is 0 Å². The number of hydrogen-bond acceptors (Lipinski definition) is 1. The summed E-state index contributed by atoms with van der Waals surface area (Å²) in [5.41, 5.74) is 11.1. The van der Waals surface area contributed by atoms with Gasteiger partial charge in [-0.2, -0.15) is 0 Å². The smallest absolute Gasteiger partial charge is 0.145 e. The number of rotatable bonds is 4. The van der Waals surface area contributed by atoms with Crippen LogP contribution in [-0.4, -0.2) is 9.13 Å². The zero-order valence-electron chi connectivity index (χ0n) is 25.2. The lowest BCUT2D eigenvalue weighted by Gasteiger charge is -2.08. The Morgan fingerprint density at radius 3 is 1.91 bits per heavy atom. The van der Waals surface area contributed by atoms with Gasteiger partial charge < -0.3 is 13.6 Å². The molecule has 0 radical (unpaired) electrons. The van der Waals surface area contributed by atoms with Gasteiger partial charge in [0.05, 0.1) is 32.8 Å². The molecule has 3 heterocycles. The number of hydrogen-bond donors (Lipinski definition) is 0. The summed E-state index contributed by atoms with van der Waals surface area (Å²) in [5.74, 6) is 0. The maximum absolute atomic E-state index is 7.11. The molecule has 0 aliphatic heterocycles. The first-order chi connectivity index (χ1) is 22.3. The summed E-state index contributed by atoms with van der Waals surface area (Å²) >= 11 is 0. The van der Waals surface area contributed by atoms with E-state index in [9.17, 15) is 0 Å². The number of furan rings is 1. The van der Waals surface area contributed by atoms with Gasteiger partial charge in [-0.1, -0.05) is 84.9 Å². The number of nitrogens with zero attached hydrogens (tertiary/aromatic N) is 2. The Morgan fingerprint density at radius 1 is 0.533 bits per heavy atom. The van der Waals surface area contributed by atoms with E-state index in [1.54, 1.807) is 0 Å². The van der Waals surface area contributed by atoms with E-state index in [1.807, 2.05) is 0 Å². The van der Waals surface area contributed by atoms with Crippen molar-refractivity contribution in [3.8, 4) is 16.8 Å². The first-order valence-corrected chi connectivity index (χ1v) is 15.5. The van der Waals surface area contributed by atoms with Crippen molar-refractivity contribution in [1.82, 2.24) is 9.13 Å². The van der Waals surface area contributed by atoms with Crippen molar-refractivity contribution in [2.45, 2.75) is 13.8 Å². The van der Waals surface area contributed by atoms with E-state index in [2.05, 4.69) is 169 Å². The molecule has 6 aromatic carbocycles. The maximum atomic E-state index is 7.11. The van der Waals surface area contributed by atoms with Crippen LogP contribution < -0.4 is 0 Å². The summed E-state index contributed by atoms with van der Waals surface area (Å²) in [4.78, 5) is 0. The highest BCUT2D eigenvalue weighted by atomic mass is 16.3. The van der Waals surface area contributed by atoms with Gasteiger partial charge >= 0.3 is 0 Å². The molecule has 0 bridgehead atoms. The molecule has 3 nitrogen and oxygen atoms in total. The Morgan fingerprint density at radius 2 is 1.18 bits per heavy atom. The minimum atomic E-state index is 0.927. The van der Waals surface area contributed by atoms with Crippen molar-refractivity contribution in [2.75, 3.05) is 0 Å². The number of aromatic nitrogens is 2. The Bertz CT molecular complexity index is 2650. The second-order valence-electron chi connectivity index (χ2n) is 11.6. The largest absolute Gasteiger partial charge is 0.455 e. The van der Waals surface area contributed by atoms with Crippen molar-refractivity contribution < 1.29 is 4.42 Å². The van der Waals surface area contributed by atoms with Crippen LogP contribution in [-0.2, 0) is 0 Å². The molecule has 0 aliphatic carbocycles. The number of para-hydroxylation sites is 2. The van der Waals surface area contributed by atoms with E-state index in [0.717, 1.165) is 60.6 Å². The fourth-order valence-corrected chi connectivity index (χ4v) is 7.26. The predicted octanol–water partition coefficient (Wildman–Crippen LogP) is 11.9. The molecule has 9 rings (SSSR count). The fraction of sp³-hybridized carbons (Fsp3) is 0.0476. The van der Waals surface area contributed by atoms with Gasteiger partial charge in [0.1, 0.15) is 11.2 Å². The molecule has 214 valence electrons. The quantitative estimate of drug-likeness (QED) is 0.191. The summed E-state index contributed by atoms with van der Waals surface area (Å²) in [5, 5.41) is 6.93. The average molecular weight is 579 g/mol. The summed E-state index contributed by atoms with van der Waals surface area (Å²) < 4.78 is 11.8. The van der Waals surface area contributed by atoms with E-state index in [-0.39, 0.29) is 0 Å². The third-order valence-corrected chi connectivity index (χ3v) is 9.18. The first kappa shape index (κ1) is 25.7. The Hall–Kier alpha value is -5.80. The summed E-state index contributed by atoms with van der Waals surface area (Å²) in [7, 11) is 0. The lowest BCUT2D eigenvalue weighted by atomic mass is 10.0. The number of allylic oxidation sites excluding steroid dienone is 4. The Kier molecular flexibility index (Phi) is 5.63. The second-order valence-corrected chi connectivity index (χ2v) is 11.6. The summed E-state index contributed by atoms with van der Waals surface area (Å²) in [6, 6.07) is 45.7. The second kappa shape index (κ2) is 9.87. The molecule has 45 heavy (non-hydrogen) atoms. The maximum Gasteiger partial charge on any atom is 0.145 e. The van der Waals surface area contributed by atoms with Gasteiger partial charge in [0.2, 0.25) is 0 Å². The lowest BCUT2D eigenvalue weighted by molar-refractivity contribution is 0.677. The lowest BCUT2D eigenvalue weighted by Crippen LogP contribution is -1.93. The minimum absolute atomic E-state index is 0.927. The zero-order chi connectivity index (χ0) is 30.1. The van der Waals surface area contributed by atoms with Crippen LogP contribution in [0.2, 0.25) is 0 Å². The molecule has 0 N–H and O–H groups in total. The molecular weight excluding hydrogens is 548 g/mol. The molecule has 3 heteroatoms. The van der Waals surface area contributed by atoms with Crippen molar-refractivity contribution in [2.24, 2.45) is 0 Å². The van der Waals surface area contributed by atoms with E-state index in [1.165, 1.54) is 27.4 Å². The van der Waals surface area contributed by atoms with Crippen LogP contribution in [0.25, 0.3) is 88.1 Å². The molecule has 0 atom stereocenters. The molecular formula is C42H30N2O. The van der Waals surface area contributed by atoms with Crippen molar-refractivity contribution in [3.05, 3.63) is 146 Å². The van der Waals surface area contributed by atoms with Crippen LogP contribution in [0.3, 0.4) is 0 Å². The average Bonchev–Trinajstić information content (AvgIpc) is 3.75. The monoisotopic (exact) mass is 578 g/mol. The molecule has 0 fully saturated rings. The Balaban J connectivity index is 1.45. The molecule has 0 spiro atoms. The summed E-state index contributed by atoms with van der Waals surface area (Å²) in [6.45, 7) is 4.16.